The van der Waals surface area contributed by atoms with E-state index in [9.17, 15) is 9.90 Å². The average Bonchev–Trinajstić information content (AvgIpc) is 2.38. The summed E-state index contributed by atoms with van der Waals surface area (Å²) in [7, 11) is 0. The maximum absolute atomic E-state index is 11.7. The van der Waals surface area contributed by atoms with E-state index < -0.39 is 5.91 Å². The van der Waals surface area contributed by atoms with Gasteiger partial charge in [-0.15, -0.1) is 0 Å². The van der Waals surface area contributed by atoms with Gasteiger partial charge in [0.2, 0.25) is 0 Å². The van der Waals surface area contributed by atoms with Crippen molar-refractivity contribution in [2.45, 2.75) is 6.54 Å². The van der Waals surface area contributed by atoms with Gasteiger partial charge in [-0.1, -0.05) is 0 Å². The maximum atomic E-state index is 11.7. The van der Waals surface area contributed by atoms with Gasteiger partial charge >= 0.3 is 0 Å². The molecule has 6 heteroatoms. The molecule has 2 aromatic rings. The van der Waals surface area contributed by atoms with Gasteiger partial charge in [0, 0.05) is 12.4 Å². The van der Waals surface area contributed by atoms with Crippen LogP contribution in [0.1, 0.15) is 16.2 Å². The van der Waals surface area contributed by atoms with Gasteiger partial charge in [0.1, 0.15) is 5.75 Å². The number of rotatable bonds is 3. The van der Waals surface area contributed by atoms with Crippen LogP contribution < -0.4 is 5.32 Å². The van der Waals surface area contributed by atoms with Crippen molar-refractivity contribution >= 4 is 5.91 Å². The van der Waals surface area contributed by atoms with Crippen molar-refractivity contribution in [2.75, 3.05) is 0 Å². The molecule has 0 aliphatic rings. The Morgan fingerprint density at radius 1 is 1.29 bits per heavy atom. The first-order valence-electron chi connectivity index (χ1n) is 4.96. The molecule has 0 aliphatic carbocycles. The molecule has 0 unspecified atom stereocenters. The third-order valence-electron chi connectivity index (χ3n) is 2.06. The molecule has 2 aromatic heterocycles. The molecular formula is C11H10N4O2. The molecule has 86 valence electrons. The molecule has 0 fully saturated rings. The number of nitrogens with one attached hydrogen (secondary N) is 1. The van der Waals surface area contributed by atoms with Crippen LogP contribution in [0, 0.1) is 0 Å². The fraction of sp³-hybridized carbons (Fsp3) is 0.0909. The second kappa shape index (κ2) is 5.02. The van der Waals surface area contributed by atoms with Crippen LogP contribution in [-0.4, -0.2) is 26.2 Å². The third-order valence-corrected chi connectivity index (χ3v) is 2.06. The van der Waals surface area contributed by atoms with Gasteiger partial charge in [0.15, 0.2) is 5.69 Å². The molecule has 0 spiro atoms. The number of nitrogens with zero attached hydrogens (tertiary/aromatic N) is 3. The summed E-state index contributed by atoms with van der Waals surface area (Å²) >= 11 is 0. The first kappa shape index (κ1) is 11.0. The van der Waals surface area contributed by atoms with E-state index in [2.05, 4.69) is 20.5 Å². The molecule has 17 heavy (non-hydrogen) atoms. The van der Waals surface area contributed by atoms with Gasteiger partial charge in [-0.2, -0.15) is 10.2 Å². The topological polar surface area (TPSA) is 88.0 Å². The Kier molecular flexibility index (Phi) is 3.25. The Balaban J connectivity index is 2.01. The molecular weight excluding hydrogens is 220 g/mol. The number of amides is 1. The standard InChI is InChI=1S/C11H10N4O2/c16-9-4-2-5-12-10(9)11(17)13-7-8-3-1-6-14-15-8/h1-6,16H,7H2,(H,13,17). The highest BCUT2D eigenvalue weighted by atomic mass is 16.3. The van der Waals surface area contributed by atoms with Crippen molar-refractivity contribution in [3.63, 3.8) is 0 Å². The highest BCUT2D eigenvalue weighted by Crippen LogP contribution is 2.11. The van der Waals surface area contributed by atoms with E-state index in [0.717, 1.165) is 0 Å². The monoisotopic (exact) mass is 230 g/mol. The predicted molar refractivity (Wildman–Crippen MR) is 59.1 cm³/mol. The van der Waals surface area contributed by atoms with Gasteiger partial charge in [-0.3, -0.25) is 4.79 Å². The minimum atomic E-state index is -0.450. The summed E-state index contributed by atoms with van der Waals surface area (Å²) in [4.78, 5) is 15.4. The minimum Gasteiger partial charge on any atom is -0.505 e. The van der Waals surface area contributed by atoms with E-state index in [0.29, 0.717) is 5.69 Å². The number of aromatic nitrogens is 3. The molecule has 0 saturated carbocycles. The summed E-state index contributed by atoms with van der Waals surface area (Å²) in [6, 6.07) is 6.43. The fourth-order valence-corrected chi connectivity index (χ4v) is 1.25. The highest BCUT2D eigenvalue weighted by molar-refractivity contribution is 5.94. The van der Waals surface area contributed by atoms with Crippen LogP contribution >= 0.6 is 0 Å². The number of hydrogen-bond acceptors (Lipinski definition) is 5. The Hall–Kier alpha value is -2.50. The Morgan fingerprint density at radius 2 is 2.12 bits per heavy atom. The smallest absolute Gasteiger partial charge is 0.274 e. The van der Waals surface area contributed by atoms with Crippen LogP contribution in [0.3, 0.4) is 0 Å². The lowest BCUT2D eigenvalue weighted by molar-refractivity contribution is 0.0942. The number of carbonyl (C=O) groups is 1. The van der Waals surface area contributed by atoms with Gasteiger partial charge < -0.3 is 10.4 Å². The summed E-state index contributed by atoms with van der Waals surface area (Å²) in [6.45, 7) is 0.239. The lowest BCUT2D eigenvalue weighted by Crippen LogP contribution is -2.24. The quantitative estimate of drug-likeness (QED) is 0.801. The zero-order valence-corrected chi connectivity index (χ0v) is 8.87. The summed E-state index contributed by atoms with van der Waals surface area (Å²) in [5, 5.41) is 19.5. The predicted octanol–water partition coefficient (Wildman–Crippen LogP) is 0.507. The van der Waals surface area contributed by atoms with Crippen molar-refractivity contribution < 1.29 is 9.90 Å². The normalized spacial score (nSPS) is 9.88. The van der Waals surface area contributed by atoms with Crippen molar-refractivity contribution in [1.82, 2.24) is 20.5 Å². The van der Waals surface area contributed by atoms with E-state index in [-0.39, 0.29) is 18.0 Å². The molecule has 0 bridgehead atoms. The van der Waals surface area contributed by atoms with Gasteiger partial charge in [-0.05, 0) is 24.3 Å². The van der Waals surface area contributed by atoms with E-state index >= 15 is 0 Å². The van der Waals surface area contributed by atoms with Crippen LogP contribution in [0.4, 0.5) is 0 Å². The van der Waals surface area contributed by atoms with E-state index in [4.69, 9.17) is 0 Å². The van der Waals surface area contributed by atoms with Gasteiger partial charge in [-0.25, -0.2) is 4.98 Å². The number of hydrogen-bond donors (Lipinski definition) is 2. The summed E-state index contributed by atoms with van der Waals surface area (Å²) in [5.74, 6) is -0.599. The second-order valence-electron chi connectivity index (χ2n) is 3.27. The lowest BCUT2D eigenvalue weighted by atomic mass is 10.3. The van der Waals surface area contributed by atoms with Crippen molar-refractivity contribution in [3.05, 3.63) is 48.0 Å². The zero-order chi connectivity index (χ0) is 12.1. The van der Waals surface area contributed by atoms with E-state index in [1.807, 2.05) is 0 Å². The molecule has 6 nitrogen and oxygen atoms in total. The lowest BCUT2D eigenvalue weighted by Gasteiger charge is -2.04. The van der Waals surface area contributed by atoms with Crippen LogP contribution in [0.5, 0.6) is 5.75 Å². The molecule has 0 saturated heterocycles. The first-order chi connectivity index (χ1) is 8.27. The SMILES string of the molecule is O=C(NCc1cccnn1)c1ncccc1O. The molecule has 0 radical (unpaired) electrons. The van der Waals surface area contributed by atoms with Crippen LogP contribution in [0.2, 0.25) is 0 Å². The Morgan fingerprint density at radius 3 is 2.82 bits per heavy atom. The molecule has 2 heterocycles. The largest absolute Gasteiger partial charge is 0.505 e. The molecule has 0 aliphatic heterocycles. The third kappa shape index (κ3) is 2.75. The molecule has 2 rings (SSSR count). The molecule has 1 amide bonds. The fourth-order valence-electron chi connectivity index (χ4n) is 1.25. The average molecular weight is 230 g/mol. The van der Waals surface area contributed by atoms with Crippen LogP contribution in [0.15, 0.2) is 36.7 Å². The highest BCUT2D eigenvalue weighted by Gasteiger charge is 2.11. The molecule has 2 N–H and O–H groups in total. The number of pyridine rings is 1. The van der Waals surface area contributed by atoms with Crippen LogP contribution in [0.25, 0.3) is 0 Å². The van der Waals surface area contributed by atoms with E-state index in [1.54, 1.807) is 24.4 Å². The van der Waals surface area contributed by atoms with Crippen LogP contribution in [-0.2, 0) is 6.54 Å². The van der Waals surface area contributed by atoms with Crippen molar-refractivity contribution in [1.29, 1.82) is 0 Å². The number of carbonyl (C=O) groups excluding carboxylic acids is 1. The summed E-state index contributed by atoms with van der Waals surface area (Å²) < 4.78 is 0. The minimum absolute atomic E-state index is 0.00334. The first-order valence-corrected chi connectivity index (χ1v) is 4.96. The van der Waals surface area contributed by atoms with Gasteiger partial charge in [0.25, 0.3) is 5.91 Å². The second-order valence-corrected chi connectivity index (χ2v) is 3.27. The summed E-state index contributed by atoms with van der Waals surface area (Å²) in [5.41, 5.74) is 0.632. The Bertz CT molecular complexity index is 516. The molecule has 0 aromatic carbocycles. The van der Waals surface area contributed by atoms with Crippen molar-refractivity contribution in [3.8, 4) is 5.75 Å². The molecule has 0 atom stereocenters. The van der Waals surface area contributed by atoms with Gasteiger partial charge in [0.05, 0.1) is 12.2 Å². The Labute approximate surface area is 97.4 Å². The zero-order valence-electron chi connectivity index (χ0n) is 8.87. The maximum Gasteiger partial charge on any atom is 0.274 e. The van der Waals surface area contributed by atoms with Crippen molar-refractivity contribution in [2.24, 2.45) is 0 Å². The van der Waals surface area contributed by atoms with E-state index in [1.165, 1.54) is 12.3 Å². The number of aromatic hydroxyl groups is 1. The summed E-state index contributed by atoms with van der Waals surface area (Å²) in [6.07, 6.45) is 2.99.